The number of unbranched alkanes of at least 4 members (excludes halogenated alkanes) is 1. The highest BCUT2D eigenvalue weighted by Crippen LogP contribution is 1.96. The summed E-state index contributed by atoms with van der Waals surface area (Å²) in [6.07, 6.45) is 4.82. The van der Waals surface area contributed by atoms with Gasteiger partial charge in [0.1, 0.15) is 0 Å². The maximum absolute atomic E-state index is 11.0. The summed E-state index contributed by atoms with van der Waals surface area (Å²) in [7, 11) is 3.15. The van der Waals surface area contributed by atoms with E-state index in [0.29, 0.717) is 6.42 Å². The molecule has 124 valence electrons. The number of aliphatic imine (C=N–C) groups is 1. The molecule has 0 amide bonds. The Bertz CT molecular complexity index is 440. The molecule has 6 nitrogen and oxygen atoms in total. The maximum atomic E-state index is 11.0. The lowest BCUT2D eigenvalue weighted by Gasteiger charge is -2.11. The fourth-order valence-corrected chi connectivity index (χ4v) is 1.78. The summed E-state index contributed by atoms with van der Waals surface area (Å²) in [6.45, 7) is 1.55. The molecule has 0 fully saturated rings. The molecule has 0 saturated heterocycles. The van der Waals surface area contributed by atoms with Crippen molar-refractivity contribution in [3.8, 4) is 0 Å². The normalized spacial score (nSPS) is 10.5. The molecule has 0 aliphatic carbocycles. The molecule has 0 unspecified atom stereocenters. The Morgan fingerprint density at radius 1 is 1.27 bits per heavy atom. The predicted octanol–water partition coefficient (Wildman–Crippen LogP) is 1.75. The van der Waals surface area contributed by atoms with Crippen LogP contribution < -0.4 is 10.6 Å². The van der Waals surface area contributed by atoms with Crippen LogP contribution in [0.15, 0.2) is 29.4 Å². The van der Waals surface area contributed by atoms with Gasteiger partial charge in [0.15, 0.2) is 5.96 Å². The number of carbonyl (C=O) groups excluding carboxylic acids is 1. The Morgan fingerprint density at radius 2 is 2.05 bits per heavy atom. The molecular weight excluding hydrogens is 395 g/mol. The van der Waals surface area contributed by atoms with Gasteiger partial charge in [0, 0.05) is 44.9 Å². The van der Waals surface area contributed by atoms with Gasteiger partial charge in [0.25, 0.3) is 0 Å². The van der Waals surface area contributed by atoms with E-state index in [-0.39, 0.29) is 29.9 Å². The lowest BCUT2D eigenvalue weighted by Crippen LogP contribution is -2.38. The Hall–Kier alpha value is -1.38. The highest BCUT2D eigenvalue weighted by Gasteiger charge is 2.01. The Labute approximate surface area is 149 Å². The van der Waals surface area contributed by atoms with Gasteiger partial charge in [-0.2, -0.15) is 0 Å². The zero-order chi connectivity index (χ0) is 15.3. The van der Waals surface area contributed by atoms with Crippen LogP contribution >= 0.6 is 24.0 Å². The molecule has 7 heteroatoms. The molecule has 22 heavy (non-hydrogen) atoms. The van der Waals surface area contributed by atoms with Crippen molar-refractivity contribution in [1.29, 1.82) is 0 Å². The molecule has 1 heterocycles. The van der Waals surface area contributed by atoms with E-state index in [4.69, 9.17) is 0 Å². The molecule has 0 aliphatic heterocycles. The van der Waals surface area contributed by atoms with E-state index in [0.717, 1.165) is 44.0 Å². The number of pyridine rings is 1. The Balaban J connectivity index is 0.00000441. The quantitative estimate of drug-likeness (QED) is 0.220. The summed E-state index contributed by atoms with van der Waals surface area (Å²) < 4.78 is 4.59. The van der Waals surface area contributed by atoms with Crippen molar-refractivity contribution in [2.45, 2.75) is 25.7 Å². The van der Waals surface area contributed by atoms with Gasteiger partial charge in [0.2, 0.25) is 0 Å². The summed E-state index contributed by atoms with van der Waals surface area (Å²) in [5.41, 5.74) is 1.05. The minimum Gasteiger partial charge on any atom is -0.469 e. The Morgan fingerprint density at radius 3 is 2.68 bits per heavy atom. The first kappa shape index (κ1) is 20.6. The van der Waals surface area contributed by atoms with Gasteiger partial charge in [-0.1, -0.05) is 6.07 Å². The van der Waals surface area contributed by atoms with E-state index in [1.807, 2.05) is 18.2 Å². The average Bonchev–Trinajstić information content (AvgIpc) is 2.53. The smallest absolute Gasteiger partial charge is 0.305 e. The number of hydrogen-bond acceptors (Lipinski definition) is 4. The number of nitrogens with one attached hydrogen (secondary N) is 2. The zero-order valence-corrected chi connectivity index (χ0v) is 15.5. The number of carbonyl (C=O) groups is 1. The first-order chi connectivity index (χ1) is 10.3. The van der Waals surface area contributed by atoms with Gasteiger partial charge >= 0.3 is 5.97 Å². The third-order valence-electron chi connectivity index (χ3n) is 2.95. The van der Waals surface area contributed by atoms with Gasteiger partial charge in [-0.25, -0.2) is 0 Å². The van der Waals surface area contributed by atoms with Crippen molar-refractivity contribution in [3.05, 3.63) is 30.1 Å². The van der Waals surface area contributed by atoms with Crippen LogP contribution in [0, 0.1) is 0 Å². The second-order valence-corrected chi connectivity index (χ2v) is 4.53. The minimum atomic E-state index is -0.159. The molecule has 0 aromatic carbocycles. The first-order valence-corrected chi connectivity index (χ1v) is 7.17. The van der Waals surface area contributed by atoms with Crippen LogP contribution in [-0.2, 0) is 16.0 Å². The molecule has 1 aromatic rings. The lowest BCUT2D eigenvalue weighted by molar-refractivity contribution is -0.140. The number of methoxy groups -OCH3 is 1. The van der Waals surface area contributed by atoms with Gasteiger partial charge in [-0.05, 0) is 25.0 Å². The van der Waals surface area contributed by atoms with Gasteiger partial charge < -0.3 is 15.4 Å². The van der Waals surface area contributed by atoms with Crippen LogP contribution in [0.25, 0.3) is 0 Å². The molecule has 0 bridgehead atoms. The maximum Gasteiger partial charge on any atom is 0.305 e. The minimum absolute atomic E-state index is 0. The van der Waals surface area contributed by atoms with Crippen LogP contribution in [0.4, 0.5) is 0 Å². The van der Waals surface area contributed by atoms with Crippen LogP contribution in [0.3, 0.4) is 0 Å². The van der Waals surface area contributed by atoms with Gasteiger partial charge in [-0.15, -0.1) is 24.0 Å². The standard InChI is InChI=1S/C15H24N4O2.HI/c1-16-15(18-11-6-4-8-14(20)21-2)19-12-9-13-7-3-5-10-17-13;/h3,5,7,10H,4,6,8-9,11-12H2,1-2H3,(H2,16,18,19);1H. The predicted molar refractivity (Wildman–Crippen MR) is 98.6 cm³/mol. The van der Waals surface area contributed by atoms with Crippen molar-refractivity contribution in [3.63, 3.8) is 0 Å². The van der Waals surface area contributed by atoms with Crippen molar-refractivity contribution in [2.24, 2.45) is 4.99 Å². The van der Waals surface area contributed by atoms with E-state index in [2.05, 4.69) is 25.3 Å². The first-order valence-electron chi connectivity index (χ1n) is 7.17. The number of nitrogens with zero attached hydrogens (tertiary/aromatic N) is 2. The van der Waals surface area contributed by atoms with E-state index in [1.165, 1.54) is 7.11 Å². The van der Waals surface area contributed by atoms with Crippen molar-refractivity contribution in [1.82, 2.24) is 15.6 Å². The SMILES string of the molecule is CN=C(NCCCCC(=O)OC)NCCc1ccccn1.I. The number of halogens is 1. The summed E-state index contributed by atoms with van der Waals surface area (Å²) >= 11 is 0. The number of hydrogen-bond donors (Lipinski definition) is 2. The molecule has 1 rings (SSSR count). The highest BCUT2D eigenvalue weighted by molar-refractivity contribution is 14.0. The molecule has 2 N–H and O–H groups in total. The van der Waals surface area contributed by atoms with E-state index < -0.39 is 0 Å². The average molecular weight is 420 g/mol. The summed E-state index contributed by atoms with van der Waals surface area (Å²) in [5, 5.41) is 6.45. The van der Waals surface area contributed by atoms with Gasteiger partial charge in [-0.3, -0.25) is 14.8 Å². The molecule has 0 saturated carbocycles. The van der Waals surface area contributed by atoms with E-state index in [9.17, 15) is 4.79 Å². The van der Waals surface area contributed by atoms with Crippen LogP contribution in [-0.4, -0.2) is 44.2 Å². The monoisotopic (exact) mass is 420 g/mol. The molecular formula is C15H25IN4O2. The number of esters is 1. The van der Waals surface area contributed by atoms with Crippen molar-refractivity contribution in [2.75, 3.05) is 27.2 Å². The summed E-state index contributed by atoms with van der Waals surface area (Å²) in [4.78, 5) is 19.4. The second kappa shape index (κ2) is 13.3. The molecule has 0 spiro atoms. The van der Waals surface area contributed by atoms with Crippen molar-refractivity contribution < 1.29 is 9.53 Å². The molecule has 1 aromatic heterocycles. The molecule has 0 aliphatic rings. The number of rotatable bonds is 8. The van der Waals surface area contributed by atoms with Crippen molar-refractivity contribution >= 4 is 35.9 Å². The third kappa shape index (κ3) is 9.54. The van der Waals surface area contributed by atoms with E-state index >= 15 is 0 Å². The topological polar surface area (TPSA) is 75.6 Å². The zero-order valence-electron chi connectivity index (χ0n) is 13.2. The second-order valence-electron chi connectivity index (χ2n) is 4.53. The molecule has 0 atom stereocenters. The van der Waals surface area contributed by atoms with Gasteiger partial charge in [0.05, 0.1) is 7.11 Å². The number of guanidine groups is 1. The molecule has 0 radical (unpaired) electrons. The van der Waals surface area contributed by atoms with Crippen LogP contribution in [0.1, 0.15) is 25.0 Å². The Kier molecular flexibility index (Phi) is 12.5. The van der Waals surface area contributed by atoms with E-state index in [1.54, 1.807) is 13.2 Å². The largest absolute Gasteiger partial charge is 0.469 e. The lowest BCUT2D eigenvalue weighted by atomic mass is 10.2. The summed E-state index contributed by atoms with van der Waals surface area (Å²) in [6, 6.07) is 5.90. The van der Waals surface area contributed by atoms with Crippen LogP contribution in [0.2, 0.25) is 0 Å². The third-order valence-corrected chi connectivity index (χ3v) is 2.95. The highest BCUT2D eigenvalue weighted by atomic mass is 127. The summed E-state index contributed by atoms with van der Waals surface area (Å²) in [5.74, 6) is 0.608. The fraction of sp³-hybridized carbons (Fsp3) is 0.533. The fourth-order valence-electron chi connectivity index (χ4n) is 1.78. The number of aromatic nitrogens is 1. The number of ether oxygens (including phenoxy) is 1. The van der Waals surface area contributed by atoms with Crippen LogP contribution in [0.5, 0.6) is 0 Å².